The Labute approximate surface area is 202 Å². The third-order valence-electron chi connectivity index (χ3n) is 5.61. The van der Waals surface area contributed by atoms with Crippen molar-refractivity contribution in [3.05, 3.63) is 82.4 Å². The number of imidazole rings is 1. The molecule has 1 unspecified atom stereocenters. The number of carboxylic acid groups (broad SMARTS) is 1. The molecule has 0 aliphatic carbocycles. The van der Waals surface area contributed by atoms with Crippen LogP contribution in [-0.4, -0.2) is 48.2 Å². The summed E-state index contributed by atoms with van der Waals surface area (Å²) in [5.41, 5.74) is 4.76. The fourth-order valence-electron chi connectivity index (χ4n) is 4.03. The Balaban J connectivity index is 1.41. The number of amides is 1. The van der Waals surface area contributed by atoms with E-state index < -0.39 is 12.0 Å². The molecule has 180 valence electrons. The molecule has 35 heavy (non-hydrogen) atoms. The first-order valence-electron chi connectivity index (χ1n) is 11.2. The molecule has 10 nitrogen and oxygen atoms in total. The molecule has 0 aliphatic rings. The Hall–Kier alpha value is -4.47. The lowest BCUT2D eigenvalue weighted by Gasteiger charge is -2.17. The molecule has 0 radical (unpaired) electrons. The molecule has 0 aliphatic heterocycles. The topological polar surface area (TPSA) is 149 Å². The Morgan fingerprint density at radius 2 is 1.80 bits per heavy atom. The number of H-pyrrole nitrogens is 2. The monoisotopic (exact) mass is 473 g/mol. The van der Waals surface area contributed by atoms with Crippen LogP contribution >= 0.6 is 0 Å². The van der Waals surface area contributed by atoms with Crippen LogP contribution in [0.3, 0.4) is 0 Å². The first-order chi connectivity index (χ1) is 16.8. The number of carbonyl (C=O) groups is 2. The molecule has 1 atom stereocenters. The minimum atomic E-state index is -1.09. The van der Waals surface area contributed by atoms with Crippen molar-refractivity contribution in [2.24, 2.45) is 0 Å². The lowest BCUT2D eigenvalue weighted by atomic mass is 9.98. The maximum Gasteiger partial charge on any atom is 0.326 e. The Morgan fingerprint density at radius 3 is 2.43 bits per heavy atom. The Morgan fingerprint density at radius 1 is 1.09 bits per heavy atom. The summed E-state index contributed by atoms with van der Waals surface area (Å²) in [6.07, 6.45) is 3.53. The second-order valence-electron chi connectivity index (χ2n) is 8.44. The van der Waals surface area contributed by atoms with Crippen molar-refractivity contribution >= 4 is 17.8 Å². The van der Waals surface area contributed by atoms with Gasteiger partial charge in [0.1, 0.15) is 11.9 Å². The van der Waals surface area contributed by atoms with Gasteiger partial charge in [-0.2, -0.15) is 5.10 Å². The van der Waals surface area contributed by atoms with Crippen molar-refractivity contribution in [3.63, 3.8) is 0 Å². The van der Waals surface area contributed by atoms with E-state index in [1.54, 1.807) is 12.4 Å². The third kappa shape index (κ3) is 5.72. The van der Waals surface area contributed by atoms with Crippen LogP contribution in [0.2, 0.25) is 0 Å². The van der Waals surface area contributed by atoms with E-state index in [4.69, 9.17) is 0 Å². The predicted octanol–water partition coefficient (Wildman–Crippen LogP) is 3.16. The van der Waals surface area contributed by atoms with Crippen molar-refractivity contribution in [1.29, 1.82) is 0 Å². The molecule has 0 fully saturated rings. The van der Waals surface area contributed by atoms with E-state index in [1.165, 1.54) is 0 Å². The van der Waals surface area contributed by atoms with Gasteiger partial charge >= 0.3 is 5.97 Å². The predicted molar refractivity (Wildman–Crippen MR) is 131 cm³/mol. The molecule has 1 amide bonds. The smallest absolute Gasteiger partial charge is 0.326 e. The van der Waals surface area contributed by atoms with Crippen LogP contribution in [0.25, 0.3) is 11.4 Å². The summed E-state index contributed by atoms with van der Waals surface area (Å²) in [6, 6.07) is 10.1. The summed E-state index contributed by atoms with van der Waals surface area (Å²) in [4.78, 5) is 36.3. The number of benzene rings is 2. The first-order valence-corrected chi connectivity index (χ1v) is 11.2. The number of carboxylic acids is 1. The molecular formula is C25H27N7O3. The summed E-state index contributed by atoms with van der Waals surface area (Å²) in [6.45, 7) is 6.09. The van der Waals surface area contributed by atoms with E-state index in [0.717, 1.165) is 27.8 Å². The third-order valence-corrected chi connectivity index (χ3v) is 5.61. The number of nitrogens with one attached hydrogen (secondary N) is 4. The molecule has 4 aromatic rings. The van der Waals surface area contributed by atoms with Gasteiger partial charge < -0.3 is 20.7 Å². The maximum absolute atomic E-state index is 12.9. The minimum absolute atomic E-state index is 0.150. The normalized spacial score (nSPS) is 11.7. The fraction of sp³-hybridized carbons (Fsp3) is 0.240. The Kier molecular flexibility index (Phi) is 6.91. The molecule has 2 aromatic heterocycles. The molecule has 2 heterocycles. The van der Waals surface area contributed by atoms with Gasteiger partial charge in [0.2, 0.25) is 0 Å². The van der Waals surface area contributed by atoms with Gasteiger partial charge in [-0.15, -0.1) is 0 Å². The van der Waals surface area contributed by atoms with Gasteiger partial charge in [-0.3, -0.25) is 9.89 Å². The minimum Gasteiger partial charge on any atom is -0.480 e. The number of hydrogen-bond donors (Lipinski definition) is 5. The number of aromatic amines is 2. The second kappa shape index (κ2) is 10.2. The summed E-state index contributed by atoms with van der Waals surface area (Å²) in [7, 11) is 0. The number of aryl methyl sites for hydroxylation is 3. The highest BCUT2D eigenvalue weighted by molar-refractivity contribution is 5.99. The van der Waals surface area contributed by atoms with E-state index in [0.29, 0.717) is 29.7 Å². The number of carbonyl (C=O) groups excluding carboxylic acids is 1. The summed E-state index contributed by atoms with van der Waals surface area (Å²) in [5.74, 6) is 0.338. The summed E-state index contributed by atoms with van der Waals surface area (Å²) < 4.78 is 0. The van der Waals surface area contributed by atoms with E-state index >= 15 is 0 Å². The lowest BCUT2D eigenvalue weighted by Crippen LogP contribution is -2.42. The molecule has 4 rings (SSSR count). The van der Waals surface area contributed by atoms with Crippen LogP contribution in [0.4, 0.5) is 5.95 Å². The molecule has 0 spiro atoms. The van der Waals surface area contributed by atoms with Crippen LogP contribution in [0, 0.1) is 20.8 Å². The highest BCUT2D eigenvalue weighted by Gasteiger charge is 2.23. The average Bonchev–Trinajstić information content (AvgIpc) is 3.49. The molecule has 0 bridgehead atoms. The van der Waals surface area contributed by atoms with Gasteiger partial charge in [0.15, 0.2) is 11.8 Å². The van der Waals surface area contributed by atoms with Crippen molar-refractivity contribution in [1.82, 2.24) is 30.5 Å². The van der Waals surface area contributed by atoms with Crippen molar-refractivity contribution in [3.8, 4) is 11.4 Å². The molecule has 5 N–H and O–H groups in total. The van der Waals surface area contributed by atoms with Gasteiger partial charge in [-0.25, -0.2) is 14.8 Å². The number of nitrogens with zero attached hydrogens (tertiary/aromatic N) is 3. The van der Waals surface area contributed by atoms with Gasteiger partial charge in [0.05, 0.1) is 6.54 Å². The fourth-order valence-corrected chi connectivity index (χ4v) is 4.03. The zero-order chi connectivity index (χ0) is 24.9. The van der Waals surface area contributed by atoms with Crippen LogP contribution in [0.1, 0.15) is 38.4 Å². The highest BCUT2D eigenvalue weighted by atomic mass is 16.4. The van der Waals surface area contributed by atoms with Crippen molar-refractivity contribution in [2.45, 2.75) is 39.8 Å². The van der Waals surface area contributed by atoms with Gasteiger partial charge in [0, 0.05) is 29.9 Å². The standard InChI is InChI=1S/C25H27N7O3/c1-14-10-15(2)21(16(3)11-14)23(33)29-19(24(34)35)12-17-4-6-18(7-5-17)22-30-20(31-32-22)13-28-25-26-8-9-27-25/h4-11,19H,12-13H2,1-3H3,(H,29,33)(H,34,35)(H2,26,27,28)(H,30,31,32). The lowest BCUT2D eigenvalue weighted by molar-refractivity contribution is -0.139. The molecule has 2 aromatic carbocycles. The van der Waals surface area contributed by atoms with Crippen molar-refractivity contribution in [2.75, 3.05) is 5.32 Å². The van der Waals surface area contributed by atoms with Crippen LogP contribution < -0.4 is 10.6 Å². The molecular weight excluding hydrogens is 446 g/mol. The molecule has 0 saturated carbocycles. The zero-order valence-corrected chi connectivity index (χ0v) is 19.7. The average molecular weight is 474 g/mol. The number of hydrogen-bond acceptors (Lipinski definition) is 6. The number of aromatic nitrogens is 5. The highest BCUT2D eigenvalue weighted by Crippen LogP contribution is 2.19. The molecule has 10 heteroatoms. The molecule has 0 saturated heterocycles. The number of anilines is 1. The zero-order valence-electron chi connectivity index (χ0n) is 19.7. The van der Waals surface area contributed by atoms with Crippen LogP contribution in [0.15, 0.2) is 48.8 Å². The van der Waals surface area contributed by atoms with E-state index in [1.807, 2.05) is 57.2 Å². The van der Waals surface area contributed by atoms with Crippen LogP contribution in [0.5, 0.6) is 0 Å². The van der Waals surface area contributed by atoms with Gasteiger partial charge in [-0.1, -0.05) is 42.0 Å². The first kappa shape index (κ1) is 23.7. The summed E-state index contributed by atoms with van der Waals surface area (Å²) in [5, 5.41) is 22.6. The van der Waals surface area contributed by atoms with E-state index in [-0.39, 0.29) is 12.3 Å². The van der Waals surface area contributed by atoms with Crippen molar-refractivity contribution < 1.29 is 14.7 Å². The summed E-state index contributed by atoms with van der Waals surface area (Å²) >= 11 is 0. The van der Waals surface area contributed by atoms with E-state index in [2.05, 4.69) is 35.8 Å². The van der Waals surface area contributed by atoms with Gasteiger partial charge in [0.25, 0.3) is 5.91 Å². The largest absolute Gasteiger partial charge is 0.480 e. The van der Waals surface area contributed by atoms with E-state index in [9.17, 15) is 14.7 Å². The van der Waals surface area contributed by atoms with Gasteiger partial charge in [-0.05, 0) is 37.5 Å². The quantitative estimate of drug-likeness (QED) is 0.251. The number of aliphatic carboxylic acids is 1. The maximum atomic E-state index is 12.9. The Bertz CT molecular complexity index is 1300. The second-order valence-corrected chi connectivity index (χ2v) is 8.44. The number of rotatable bonds is 9. The van der Waals surface area contributed by atoms with Crippen LogP contribution in [-0.2, 0) is 17.8 Å². The SMILES string of the molecule is Cc1cc(C)c(C(=O)NC(Cc2ccc(-c3n[nH]c(CNc4ncc[nH]4)n3)cc2)C(=O)O)c(C)c1.